The van der Waals surface area contributed by atoms with Crippen LogP contribution in [0.15, 0.2) is 114 Å². The summed E-state index contributed by atoms with van der Waals surface area (Å²) < 4.78 is 30.7. The largest absolute Gasteiger partial charge is 0.501 e. The van der Waals surface area contributed by atoms with E-state index in [1.54, 1.807) is 0 Å². The summed E-state index contributed by atoms with van der Waals surface area (Å²) in [4.78, 5) is 9.01. The molecule has 3 aromatic heterocycles. The summed E-state index contributed by atoms with van der Waals surface area (Å²) in [5, 5.41) is 9.24. The zero-order chi connectivity index (χ0) is 39.5. The third-order valence-corrected chi connectivity index (χ3v) is 13.9. The fourth-order valence-electron chi connectivity index (χ4n) is 6.76. The monoisotopic (exact) mass is 908 g/mol. The molecule has 8 aromatic rings. The number of fused-ring (bicyclic) bond motifs is 6. The van der Waals surface area contributed by atoms with Gasteiger partial charge in [-0.3, -0.25) is 0 Å². The number of benzene rings is 5. The molecule has 5 aromatic carbocycles. The van der Waals surface area contributed by atoms with Crippen molar-refractivity contribution in [2.45, 2.75) is 72.3 Å². The first-order valence-electron chi connectivity index (χ1n) is 19.5. The quantitative estimate of drug-likeness (QED) is 0.100. The Morgan fingerprint density at radius 3 is 2.13 bits per heavy atom. The average Bonchev–Trinajstić information content (AvgIpc) is 3.50. The van der Waals surface area contributed by atoms with Crippen LogP contribution in [0.1, 0.15) is 36.0 Å². The van der Waals surface area contributed by atoms with Gasteiger partial charge in [-0.05, 0) is 74.5 Å². The molecule has 0 aliphatic heterocycles. The summed E-state index contributed by atoms with van der Waals surface area (Å²) >= 11 is 0. The smallest absolute Gasteiger partial charge is 0.121 e. The minimum absolute atomic E-state index is 0. The van der Waals surface area contributed by atoms with Gasteiger partial charge in [0.1, 0.15) is 5.58 Å². The van der Waals surface area contributed by atoms with Crippen LogP contribution in [-0.4, -0.2) is 26.1 Å². The van der Waals surface area contributed by atoms with Gasteiger partial charge in [0.2, 0.25) is 0 Å². The van der Waals surface area contributed by atoms with Gasteiger partial charge >= 0.3 is 0 Å². The van der Waals surface area contributed by atoms with Gasteiger partial charge in [0.25, 0.3) is 0 Å². The topological polar surface area (TPSA) is 38.9 Å². The molecule has 0 bridgehead atoms. The molecule has 0 aliphatic rings. The van der Waals surface area contributed by atoms with Crippen LogP contribution in [0.5, 0.6) is 0 Å². The van der Waals surface area contributed by atoms with Crippen LogP contribution >= 0.6 is 0 Å². The van der Waals surface area contributed by atoms with Crippen LogP contribution in [0.2, 0.25) is 39.3 Å². The summed E-state index contributed by atoms with van der Waals surface area (Å²) in [6.45, 7) is 18.0. The SMILES string of the molecule is CC(C)(C)c1ccnc(-c2[c-]cccc2)c1.[2H]C([2H])([2H])c1cnc(-c2[c-]ccc3c2oc2cc4c(ccc5ccc([Si](C)(C)C)cc54)cc23)cc1[Si](C)(C)C.[Ir]. The minimum atomic E-state index is -2.20. The van der Waals surface area contributed by atoms with E-state index >= 15 is 0 Å². The minimum Gasteiger partial charge on any atom is -0.501 e. The maximum Gasteiger partial charge on any atom is 0.121 e. The number of hydrogen-bond donors (Lipinski definition) is 0. The Hall–Kier alpha value is -4.20. The second-order valence-corrected chi connectivity index (χ2v) is 27.0. The number of pyridine rings is 2. The molecule has 53 heavy (non-hydrogen) atoms. The molecular weight excluding hydrogens is 857 g/mol. The van der Waals surface area contributed by atoms with Gasteiger partial charge in [-0.25, -0.2) is 0 Å². The van der Waals surface area contributed by atoms with E-state index < -0.39 is 23.0 Å². The van der Waals surface area contributed by atoms with Crippen molar-refractivity contribution >= 4 is 70.0 Å². The molecule has 0 atom stereocenters. The maximum atomic E-state index is 8.04. The number of nitrogens with zero attached hydrogens (tertiary/aromatic N) is 2. The fraction of sp³-hybridized carbons (Fsp3) is 0.234. The summed E-state index contributed by atoms with van der Waals surface area (Å²) in [5.74, 6) is 0. The predicted octanol–water partition coefficient (Wildman–Crippen LogP) is 12.0. The third kappa shape index (κ3) is 7.88. The molecule has 0 aliphatic carbocycles. The van der Waals surface area contributed by atoms with Gasteiger partial charge in [-0.1, -0.05) is 124 Å². The molecule has 0 spiro atoms. The van der Waals surface area contributed by atoms with Gasteiger partial charge in [-0.15, -0.1) is 54.1 Å². The van der Waals surface area contributed by atoms with E-state index in [4.69, 9.17) is 8.53 Å². The number of furan rings is 1. The van der Waals surface area contributed by atoms with Crippen LogP contribution in [0.25, 0.3) is 66.0 Å². The van der Waals surface area contributed by atoms with Crippen LogP contribution < -0.4 is 10.4 Å². The van der Waals surface area contributed by atoms with Crippen molar-refractivity contribution in [1.82, 2.24) is 9.97 Å². The van der Waals surface area contributed by atoms with Crippen LogP contribution in [0.3, 0.4) is 0 Å². The number of aryl methyl sites for hydroxylation is 1. The molecular formula is C47H48IrN2OSi2-2. The number of aromatic nitrogens is 2. The fourth-order valence-corrected chi connectivity index (χ4v) is 9.36. The molecule has 0 N–H and O–H groups in total. The molecule has 271 valence electrons. The van der Waals surface area contributed by atoms with E-state index in [9.17, 15) is 0 Å². The average molecular weight is 908 g/mol. The Bertz CT molecular complexity index is 2710. The van der Waals surface area contributed by atoms with Crippen LogP contribution in [-0.2, 0) is 25.5 Å². The molecule has 1 radical (unpaired) electrons. The first-order valence-corrected chi connectivity index (χ1v) is 25.0. The summed E-state index contributed by atoms with van der Waals surface area (Å²) in [6.07, 6.45) is 3.40. The summed E-state index contributed by atoms with van der Waals surface area (Å²) in [7, 11) is -3.43. The van der Waals surface area contributed by atoms with Crippen molar-refractivity contribution < 1.29 is 28.6 Å². The maximum absolute atomic E-state index is 8.04. The molecule has 0 fully saturated rings. The van der Waals surface area contributed by atoms with Gasteiger partial charge in [0.05, 0.1) is 21.7 Å². The molecule has 3 heterocycles. The Morgan fingerprint density at radius 1 is 0.679 bits per heavy atom. The summed E-state index contributed by atoms with van der Waals surface area (Å²) in [5.41, 5.74) is 6.86. The van der Waals surface area contributed by atoms with Gasteiger partial charge in [0.15, 0.2) is 0 Å². The van der Waals surface area contributed by atoms with Gasteiger partial charge < -0.3 is 14.4 Å². The van der Waals surface area contributed by atoms with Gasteiger partial charge in [-0.2, -0.15) is 0 Å². The number of rotatable bonds is 4. The van der Waals surface area contributed by atoms with E-state index in [0.29, 0.717) is 11.3 Å². The van der Waals surface area contributed by atoms with Gasteiger partial charge in [0, 0.05) is 42.0 Å². The van der Waals surface area contributed by atoms with Crippen molar-refractivity contribution in [2.24, 2.45) is 0 Å². The first-order chi connectivity index (χ1) is 25.8. The van der Waals surface area contributed by atoms with Crippen molar-refractivity contribution in [3.8, 4) is 22.5 Å². The van der Waals surface area contributed by atoms with Crippen LogP contribution in [0, 0.1) is 19.0 Å². The van der Waals surface area contributed by atoms with Crippen molar-refractivity contribution in [2.75, 3.05) is 0 Å². The molecule has 0 amide bonds. The molecule has 0 unspecified atom stereocenters. The normalized spacial score (nSPS) is 13.3. The third-order valence-electron chi connectivity index (χ3n) is 9.83. The van der Waals surface area contributed by atoms with E-state index in [-0.39, 0.29) is 25.5 Å². The zero-order valence-electron chi connectivity index (χ0n) is 35.0. The Kier molecular flexibility index (Phi) is 9.50. The first kappa shape index (κ1) is 34.6. The summed E-state index contributed by atoms with van der Waals surface area (Å²) in [6, 6.07) is 40.3. The molecule has 0 saturated heterocycles. The molecule has 0 saturated carbocycles. The Balaban J connectivity index is 0.000000263. The van der Waals surface area contributed by atoms with Crippen molar-refractivity contribution in [3.05, 3.63) is 133 Å². The van der Waals surface area contributed by atoms with E-state index in [1.165, 1.54) is 38.5 Å². The van der Waals surface area contributed by atoms with Crippen LogP contribution in [0.4, 0.5) is 0 Å². The Morgan fingerprint density at radius 2 is 1.43 bits per heavy atom. The van der Waals surface area contributed by atoms with E-state index in [2.05, 4.69) is 137 Å². The van der Waals surface area contributed by atoms with E-state index in [0.717, 1.165) is 43.9 Å². The van der Waals surface area contributed by atoms with Crippen molar-refractivity contribution in [3.63, 3.8) is 0 Å². The van der Waals surface area contributed by atoms with Crippen molar-refractivity contribution in [1.29, 1.82) is 0 Å². The Labute approximate surface area is 334 Å². The molecule has 6 heteroatoms. The number of hydrogen-bond acceptors (Lipinski definition) is 3. The molecule has 8 rings (SSSR count). The molecule has 3 nitrogen and oxygen atoms in total. The second-order valence-electron chi connectivity index (χ2n) is 16.8. The van der Waals surface area contributed by atoms with E-state index in [1.807, 2.05) is 48.7 Å². The predicted molar refractivity (Wildman–Crippen MR) is 229 cm³/mol. The second kappa shape index (κ2) is 14.6. The zero-order valence-corrected chi connectivity index (χ0v) is 36.4. The standard InChI is InChI=1S/C32H32NOSi2.C15H16N.Ir/c1-20-19-33-29(18-31(20)36(5,6)7)25-10-8-9-24-28-15-22-12-11-21-13-14-23(35(2,3)4)16-26(21)27(22)17-30(28)34-32(24)25;1-15(2,3)13-9-10-16-14(11-13)12-7-5-4-6-8-12;/h8-9,11-19H,1-7H3;4-7,9-11H,1-3H3;/q2*-1;/i1D3;;.